The minimum atomic E-state index is 0.666. The van der Waals surface area contributed by atoms with E-state index in [-0.39, 0.29) is 0 Å². The van der Waals surface area contributed by atoms with E-state index in [1.807, 2.05) is 54.6 Å². The van der Waals surface area contributed by atoms with Gasteiger partial charge in [0.2, 0.25) is 0 Å². The summed E-state index contributed by atoms with van der Waals surface area (Å²) in [7, 11) is 0.666. The van der Waals surface area contributed by atoms with Crippen molar-refractivity contribution in [2.75, 3.05) is 0 Å². The lowest BCUT2D eigenvalue weighted by atomic mass is 10.0. The highest BCUT2D eigenvalue weighted by molar-refractivity contribution is 6.29. The molecular weight excluding hydrogens is 454 g/mol. The molecule has 0 N–H and O–H groups in total. The summed E-state index contributed by atoms with van der Waals surface area (Å²) in [6, 6.07) is 34.8. The quantitative estimate of drug-likeness (QED) is 0.226. The van der Waals surface area contributed by atoms with Crippen molar-refractivity contribution in [2.24, 2.45) is 4.99 Å². The molecule has 6 rings (SSSR count). The third kappa shape index (κ3) is 4.15. The van der Waals surface area contributed by atoms with E-state index < -0.39 is 0 Å². The summed E-state index contributed by atoms with van der Waals surface area (Å²) in [5.41, 5.74) is 9.82. The van der Waals surface area contributed by atoms with E-state index in [0.717, 1.165) is 55.8 Å². The number of hydrogen-bond donors (Lipinski definition) is 0. The van der Waals surface area contributed by atoms with Crippen molar-refractivity contribution in [1.82, 2.24) is 4.48 Å². The van der Waals surface area contributed by atoms with Crippen LogP contribution in [0.2, 0.25) is 0 Å². The summed E-state index contributed by atoms with van der Waals surface area (Å²) in [4.78, 5) is 5.04. The highest BCUT2D eigenvalue weighted by Gasteiger charge is 2.22. The molecule has 2 heterocycles. The van der Waals surface area contributed by atoms with Crippen LogP contribution in [0.15, 0.2) is 120 Å². The monoisotopic (exact) mass is 479 g/mol. The fourth-order valence-electron chi connectivity index (χ4n) is 5.00. The molecule has 1 radical (unpaired) electrons. The molecule has 0 spiro atoms. The standard InChI is InChI=1S/C33H25BFN2/c1-22-17-18-26(19-23(22)2)33-28-16-10-9-15-27(28)32(37(33)34-35)21-31-29(24-11-5-3-6-12-24)20-30(36-31)25-13-7-4-8-14-25/h3-21H,1-2H3/b31-21-. The largest absolute Gasteiger partial charge is 0.495 e. The first-order valence-corrected chi connectivity index (χ1v) is 12.4. The predicted octanol–water partition coefficient (Wildman–Crippen LogP) is 8.20. The van der Waals surface area contributed by atoms with E-state index in [2.05, 4.69) is 74.5 Å². The van der Waals surface area contributed by atoms with Crippen LogP contribution in [0, 0.1) is 13.8 Å². The molecular formula is C33H25BFN2. The summed E-state index contributed by atoms with van der Waals surface area (Å²) >= 11 is 0. The molecule has 0 amide bonds. The lowest BCUT2D eigenvalue weighted by Gasteiger charge is -2.10. The van der Waals surface area contributed by atoms with E-state index in [1.54, 1.807) is 4.48 Å². The molecule has 0 saturated heterocycles. The lowest BCUT2D eigenvalue weighted by Crippen LogP contribution is -2.05. The summed E-state index contributed by atoms with van der Waals surface area (Å²) < 4.78 is 16.4. The van der Waals surface area contributed by atoms with Gasteiger partial charge in [-0.1, -0.05) is 97.1 Å². The third-order valence-corrected chi connectivity index (χ3v) is 7.06. The van der Waals surface area contributed by atoms with Gasteiger partial charge < -0.3 is 8.79 Å². The summed E-state index contributed by atoms with van der Waals surface area (Å²) in [5.74, 6) is 0. The van der Waals surface area contributed by atoms with Gasteiger partial charge in [0.1, 0.15) is 0 Å². The maximum Gasteiger partial charge on any atom is 0.495 e. The van der Waals surface area contributed by atoms with Crippen molar-refractivity contribution in [3.05, 3.63) is 143 Å². The van der Waals surface area contributed by atoms with Gasteiger partial charge in [0.15, 0.2) is 0 Å². The smallest absolute Gasteiger partial charge is 0.357 e. The number of aromatic nitrogens is 1. The number of aryl methyl sites for hydroxylation is 2. The van der Waals surface area contributed by atoms with Gasteiger partial charge in [0, 0.05) is 33.3 Å². The van der Waals surface area contributed by atoms with E-state index >= 15 is 0 Å². The Labute approximate surface area is 217 Å². The molecule has 5 aromatic rings. The maximum atomic E-state index is 14.7. The zero-order chi connectivity index (χ0) is 25.4. The number of fused-ring (bicyclic) bond motifs is 1. The summed E-state index contributed by atoms with van der Waals surface area (Å²) in [6.07, 6.45) is 4.13. The van der Waals surface area contributed by atoms with Crippen LogP contribution in [0.3, 0.4) is 0 Å². The summed E-state index contributed by atoms with van der Waals surface area (Å²) in [5, 5.41) is 1.98. The highest BCUT2D eigenvalue weighted by atomic mass is 19.1. The molecule has 4 heteroatoms. The van der Waals surface area contributed by atoms with Crippen LogP contribution in [0.5, 0.6) is 0 Å². The number of allylic oxidation sites excluding steroid dienone is 2. The third-order valence-electron chi connectivity index (χ3n) is 7.06. The first-order chi connectivity index (χ1) is 18.1. The second kappa shape index (κ2) is 9.55. The number of nitrogens with zero attached hydrogens (tertiary/aromatic N) is 2. The summed E-state index contributed by atoms with van der Waals surface area (Å²) in [6.45, 7) is 4.18. The number of rotatable bonds is 5. The fourth-order valence-corrected chi connectivity index (χ4v) is 5.00. The van der Waals surface area contributed by atoms with Crippen molar-refractivity contribution >= 4 is 35.8 Å². The van der Waals surface area contributed by atoms with Gasteiger partial charge in [-0.25, -0.2) is 4.99 Å². The molecule has 4 aromatic carbocycles. The van der Waals surface area contributed by atoms with Crippen LogP contribution in [0.4, 0.5) is 4.32 Å². The average molecular weight is 479 g/mol. The van der Waals surface area contributed by atoms with E-state index in [1.165, 1.54) is 11.1 Å². The van der Waals surface area contributed by atoms with Gasteiger partial charge in [-0.3, -0.25) is 0 Å². The van der Waals surface area contributed by atoms with E-state index in [4.69, 9.17) is 4.99 Å². The molecule has 0 atom stereocenters. The Morgan fingerprint density at radius 3 is 2.03 bits per heavy atom. The molecule has 0 saturated carbocycles. The average Bonchev–Trinajstić information content (AvgIpc) is 3.51. The zero-order valence-corrected chi connectivity index (χ0v) is 20.8. The minimum Gasteiger partial charge on any atom is -0.357 e. The predicted molar refractivity (Wildman–Crippen MR) is 154 cm³/mol. The SMILES string of the molecule is Cc1ccc(-c2c3ccccc3c(/C=C3\N=C(c4ccccc4)C=C3c3ccccc3)n2[B]F)cc1C. The normalized spacial score (nSPS) is 14.2. The van der Waals surface area contributed by atoms with Gasteiger partial charge in [-0.05, 0) is 54.3 Å². The number of benzene rings is 4. The van der Waals surface area contributed by atoms with Crippen molar-refractivity contribution in [2.45, 2.75) is 13.8 Å². The maximum absolute atomic E-state index is 14.7. The van der Waals surface area contributed by atoms with Crippen LogP contribution >= 0.6 is 0 Å². The lowest BCUT2D eigenvalue weighted by molar-refractivity contribution is 0.835. The highest BCUT2D eigenvalue weighted by Crippen LogP contribution is 2.38. The molecule has 1 aliphatic rings. The Bertz CT molecular complexity index is 1710. The number of halogens is 1. The van der Waals surface area contributed by atoms with Crippen molar-refractivity contribution in [3.63, 3.8) is 0 Å². The molecule has 0 unspecified atom stereocenters. The van der Waals surface area contributed by atoms with Crippen molar-refractivity contribution in [1.29, 1.82) is 0 Å². The Morgan fingerprint density at radius 2 is 1.35 bits per heavy atom. The Balaban J connectivity index is 1.59. The van der Waals surface area contributed by atoms with Crippen LogP contribution < -0.4 is 0 Å². The Hall–Kier alpha value is -4.44. The first kappa shape index (κ1) is 23.0. The fraction of sp³-hybridized carbons (Fsp3) is 0.0606. The van der Waals surface area contributed by atoms with Gasteiger partial charge in [-0.2, -0.15) is 0 Å². The van der Waals surface area contributed by atoms with Crippen LogP contribution in [-0.4, -0.2) is 17.9 Å². The molecule has 2 nitrogen and oxygen atoms in total. The van der Waals surface area contributed by atoms with Crippen molar-refractivity contribution < 1.29 is 4.32 Å². The molecule has 0 bridgehead atoms. The second-order valence-electron chi connectivity index (χ2n) is 9.36. The molecule has 1 aromatic heterocycles. The van der Waals surface area contributed by atoms with Crippen molar-refractivity contribution in [3.8, 4) is 11.3 Å². The number of hydrogen-bond acceptors (Lipinski definition) is 1. The van der Waals surface area contributed by atoms with Gasteiger partial charge >= 0.3 is 7.69 Å². The van der Waals surface area contributed by atoms with Gasteiger partial charge in [-0.15, -0.1) is 0 Å². The van der Waals surface area contributed by atoms with Crippen LogP contribution in [0.1, 0.15) is 27.9 Å². The Morgan fingerprint density at radius 1 is 0.703 bits per heavy atom. The molecule has 0 aliphatic carbocycles. The molecule has 0 fully saturated rings. The molecule has 177 valence electrons. The second-order valence-corrected chi connectivity index (χ2v) is 9.36. The first-order valence-electron chi connectivity index (χ1n) is 12.4. The topological polar surface area (TPSA) is 17.3 Å². The molecule has 1 aliphatic heterocycles. The minimum absolute atomic E-state index is 0.666. The Kier molecular flexibility index (Phi) is 5.94. The van der Waals surface area contributed by atoms with Gasteiger partial charge in [0.05, 0.1) is 11.4 Å². The van der Waals surface area contributed by atoms with Crippen LogP contribution in [0.25, 0.3) is 33.7 Å². The van der Waals surface area contributed by atoms with E-state index in [0.29, 0.717) is 7.69 Å². The van der Waals surface area contributed by atoms with E-state index in [9.17, 15) is 4.32 Å². The van der Waals surface area contributed by atoms with Gasteiger partial charge in [0.25, 0.3) is 0 Å². The zero-order valence-electron chi connectivity index (χ0n) is 20.8. The molecule has 37 heavy (non-hydrogen) atoms. The van der Waals surface area contributed by atoms with Crippen LogP contribution in [-0.2, 0) is 0 Å². The number of aliphatic imine (C=N–C) groups is 1.